The molecule has 6 nitrogen and oxygen atoms in total. The molecule has 0 spiro atoms. The second kappa shape index (κ2) is 6.21. The van der Waals surface area contributed by atoms with E-state index in [0.717, 1.165) is 28.1 Å². The van der Waals surface area contributed by atoms with Gasteiger partial charge in [0.25, 0.3) is 0 Å². The molecule has 0 aromatic carbocycles. The van der Waals surface area contributed by atoms with Crippen molar-refractivity contribution in [2.45, 2.75) is 36.5 Å². The summed E-state index contributed by atoms with van der Waals surface area (Å²) in [5, 5.41) is 6.16. The number of hydrogen-bond donors (Lipinski definition) is 2. The van der Waals surface area contributed by atoms with Gasteiger partial charge in [-0.1, -0.05) is 11.8 Å². The molecule has 22 heavy (non-hydrogen) atoms. The molecule has 2 aromatic heterocycles. The zero-order chi connectivity index (χ0) is 15.7. The number of hydrogen-bond acceptors (Lipinski definition) is 6. The molecule has 3 rings (SSSR count). The highest BCUT2D eigenvalue weighted by Gasteiger charge is 2.24. The largest absolute Gasteiger partial charge is 0.341 e. The fraction of sp³-hybridized carbons (Fsp3) is 0.429. The Kier molecular flexibility index (Phi) is 4.30. The van der Waals surface area contributed by atoms with Crippen molar-refractivity contribution in [1.29, 1.82) is 0 Å². The molecule has 0 fully saturated rings. The van der Waals surface area contributed by atoms with Crippen molar-refractivity contribution >= 4 is 45.3 Å². The lowest BCUT2D eigenvalue weighted by molar-refractivity contribution is -0.119. The number of rotatable bonds is 3. The molecular weight excluding hydrogens is 320 g/mol. The van der Waals surface area contributed by atoms with E-state index in [1.165, 1.54) is 35.7 Å². The van der Waals surface area contributed by atoms with E-state index in [0.29, 0.717) is 0 Å². The molecule has 2 aromatic rings. The fourth-order valence-corrected chi connectivity index (χ4v) is 4.73. The molecule has 0 bridgehead atoms. The van der Waals surface area contributed by atoms with Crippen LogP contribution in [0.3, 0.4) is 0 Å². The molecule has 0 saturated carbocycles. The molecule has 1 aliphatic rings. The smallest absolute Gasteiger partial charge is 0.321 e. The number of nitrogens with one attached hydrogen (secondary N) is 2. The van der Waals surface area contributed by atoms with Crippen LogP contribution in [0.25, 0.3) is 10.2 Å². The molecular formula is C14H16N4O2S2. The Hall–Kier alpha value is -1.67. The first-order chi connectivity index (χ1) is 10.6. The van der Waals surface area contributed by atoms with Crippen LogP contribution in [0.4, 0.5) is 4.79 Å². The third-order valence-corrected chi connectivity index (χ3v) is 5.89. The minimum atomic E-state index is -0.498. The van der Waals surface area contributed by atoms with Crippen LogP contribution >= 0.6 is 23.1 Å². The average Bonchev–Trinajstić information content (AvgIpc) is 3.07. The second-order valence-corrected chi connectivity index (χ2v) is 7.46. The van der Waals surface area contributed by atoms with Crippen LogP contribution in [0.2, 0.25) is 0 Å². The highest BCUT2D eigenvalue weighted by molar-refractivity contribution is 8.00. The first-order valence-corrected chi connectivity index (χ1v) is 8.74. The number of imide groups is 1. The van der Waals surface area contributed by atoms with Gasteiger partial charge in [0.15, 0.2) is 0 Å². The molecule has 116 valence electrons. The summed E-state index contributed by atoms with van der Waals surface area (Å²) in [5.41, 5.74) is 1.34. The maximum atomic E-state index is 12.0. The lowest BCUT2D eigenvalue weighted by atomic mass is 10.2. The Bertz CT molecular complexity index is 744. The Morgan fingerprint density at radius 3 is 2.95 bits per heavy atom. The summed E-state index contributed by atoms with van der Waals surface area (Å²) >= 11 is 3.09. The third-order valence-electron chi connectivity index (χ3n) is 3.59. The molecule has 0 saturated heterocycles. The molecule has 2 N–H and O–H groups in total. The van der Waals surface area contributed by atoms with E-state index in [1.54, 1.807) is 24.6 Å². The number of fused-ring (bicyclic) bond motifs is 3. The molecule has 1 unspecified atom stereocenters. The van der Waals surface area contributed by atoms with Crippen LogP contribution in [-0.2, 0) is 17.6 Å². The van der Waals surface area contributed by atoms with Crippen LogP contribution in [0.1, 0.15) is 23.8 Å². The summed E-state index contributed by atoms with van der Waals surface area (Å²) in [6.07, 6.45) is 4.87. The van der Waals surface area contributed by atoms with Gasteiger partial charge in [-0.05, 0) is 31.7 Å². The number of urea groups is 1. The number of carbonyl (C=O) groups is 2. The van der Waals surface area contributed by atoms with E-state index >= 15 is 0 Å². The number of carbonyl (C=O) groups excluding carboxylic acids is 2. The zero-order valence-corrected chi connectivity index (χ0v) is 13.9. The predicted octanol–water partition coefficient (Wildman–Crippen LogP) is 2.12. The van der Waals surface area contributed by atoms with Gasteiger partial charge in [-0.25, -0.2) is 14.8 Å². The van der Waals surface area contributed by atoms with Gasteiger partial charge in [0.05, 0.1) is 5.25 Å². The molecule has 1 atom stereocenters. The number of thioether (sulfide) groups is 1. The highest BCUT2D eigenvalue weighted by Crippen LogP contribution is 2.40. The Balaban J connectivity index is 1.85. The number of aryl methyl sites for hydroxylation is 2. The normalized spacial score (nSPS) is 14.6. The van der Waals surface area contributed by atoms with E-state index in [2.05, 4.69) is 20.6 Å². The lowest BCUT2D eigenvalue weighted by Crippen LogP contribution is -2.41. The number of amides is 3. The van der Waals surface area contributed by atoms with Crippen LogP contribution in [-0.4, -0.2) is 34.2 Å². The molecule has 3 amide bonds. The molecule has 8 heteroatoms. The minimum absolute atomic E-state index is 0.331. The summed E-state index contributed by atoms with van der Waals surface area (Å²) < 4.78 is 0. The molecule has 2 heterocycles. The van der Waals surface area contributed by atoms with Gasteiger partial charge in [0.2, 0.25) is 5.91 Å². The van der Waals surface area contributed by atoms with Crippen molar-refractivity contribution in [1.82, 2.24) is 20.6 Å². The summed E-state index contributed by atoms with van der Waals surface area (Å²) in [7, 11) is 1.48. The van der Waals surface area contributed by atoms with Crippen LogP contribution in [0.15, 0.2) is 11.4 Å². The summed E-state index contributed by atoms with van der Waals surface area (Å²) in [6.45, 7) is 1.77. The van der Waals surface area contributed by atoms with Crippen LogP contribution < -0.4 is 10.6 Å². The zero-order valence-electron chi connectivity index (χ0n) is 12.3. The van der Waals surface area contributed by atoms with Gasteiger partial charge >= 0.3 is 6.03 Å². The summed E-state index contributed by atoms with van der Waals surface area (Å²) in [5.74, 6) is -0.331. The maximum absolute atomic E-state index is 12.0. The van der Waals surface area contributed by atoms with E-state index in [1.807, 2.05) is 0 Å². The quantitative estimate of drug-likeness (QED) is 0.662. The van der Waals surface area contributed by atoms with Crippen LogP contribution in [0.5, 0.6) is 0 Å². The highest BCUT2D eigenvalue weighted by atomic mass is 32.2. The molecule has 0 aliphatic heterocycles. The monoisotopic (exact) mass is 336 g/mol. The Morgan fingerprint density at radius 1 is 1.36 bits per heavy atom. The molecule has 0 radical (unpaired) electrons. The first-order valence-electron chi connectivity index (χ1n) is 7.04. The van der Waals surface area contributed by atoms with E-state index < -0.39 is 11.3 Å². The Morgan fingerprint density at radius 2 is 2.18 bits per heavy atom. The number of thiophene rings is 1. The Labute approximate surface area is 136 Å². The predicted molar refractivity (Wildman–Crippen MR) is 87.4 cm³/mol. The lowest BCUT2D eigenvalue weighted by Gasteiger charge is -2.11. The molecule has 1 aliphatic carbocycles. The third kappa shape index (κ3) is 2.80. The van der Waals surface area contributed by atoms with Crippen LogP contribution in [0, 0.1) is 0 Å². The van der Waals surface area contributed by atoms with Crippen molar-refractivity contribution in [3.8, 4) is 0 Å². The van der Waals surface area contributed by atoms with Crippen molar-refractivity contribution < 1.29 is 9.59 Å². The van der Waals surface area contributed by atoms with E-state index in [4.69, 9.17) is 0 Å². The first kappa shape index (κ1) is 15.2. The number of nitrogens with zero attached hydrogens (tertiary/aromatic N) is 2. The van der Waals surface area contributed by atoms with Crippen molar-refractivity contribution in [3.05, 3.63) is 16.8 Å². The van der Waals surface area contributed by atoms with E-state index in [-0.39, 0.29) is 5.91 Å². The van der Waals surface area contributed by atoms with Crippen molar-refractivity contribution in [3.63, 3.8) is 0 Å². The standard InChI is InChI=1S/C14H16N4O2S2/c1-7(11(19)18-14(20)15-2)21-12-10-8-4-3-5-9(8)22-13(10)17-6-16-12/h6-7H,3-5H2,1-2H3,(H2,15,18,19,20). The topological polar surface area (TPSA) is 84.0 Å². The van der Waals surface area contributed by atoms with Gasteiger partial charge in [0, 0.05) is 17.3 Å². The van der Waals surface area contributed by atoms with Gasteiger partial charge in [-0.3, -0.25) is 10.1 Å². The SMILES string of the molecule is CNC(=O)NC(=O)C(C)Sc1ncnc2sc3c(c12)CCC3. The fourth-order valence-electron chi connectivity index (χ4n) is 2.49. The van der Waals surface area contributed by atoms with Crippen molar-refractivity contribution in [2.24, 2.45) is 0 Å². The maximum Gasteiger partial charge on any atom is 0.321 e. The van der Waals surface area contributed by atoms with Gasteiger partial charge in [-0.2, -0.15) is 0 Å². The van der Waals surface area contributed by atoms with E-state index in [9.17, 15) is 9.59 Å². The van der Waals surface area contributed by atoms with Crippen molar-refractivity contribution in [2.75, 3.05) is 7.05 Å². The average molecular weight is 336 g/mol. The summed E-state index contributed by atoms with van der Waals surface area (Å²) in [6, 6.07) is -0.498. The summed E-state index contributed by atoms with van der Waals surface area (Å²) in [4.78, 5) is 34.3. The van der Waals surface area contributed by atoms with Gasteiger partial charge in [-0.15, -0.1) is 11.3 Å². The minimum Gasteiger partial charge on any atom is -0.341 e. The second-order valence-electron chi connectivity index (χ2n) is 5.04. The van der Waals surface area contributed by atoms with Gasteiger partial charge < -0.3 is 5.32 Å². The number of aromatic nitrogens is 2. The van der Waals surface area contributed by atoms with Gasteiger partial charge in [0.1, 0.15) is 16.2 Å².